The highest BCUT2D eigenvalue weighted by molar-refractivity contribution is 7.10. The quantitative estimate of drug-likeness (QED) is 0.115. The number of hydrogen-bond acceptors (Lipinski definition) is 8. The number of esters is 1. The van der Waals surface area contributed by atoms with Gasteiger partial charge in [0.25, 0.3) is 6.33 Å². The maximum absolute atomic E-state index is 15.3. The molecule has 0 spiro atoms. The lowest BCUT2D eigenvalue weighted by atomic mass is 9.82. The van der Waals surface area contributed by atoms with Crippen molar-refractivity contribution in [1.82, 2.24) is 20.1 Å². The second-order valence-corrected chi connectivity index (χ2v) is 12.3. The highest BCUT2D eigenvalue weighted by atomic mass is 79.9. The number of thiazole rings is 1. The Morgan fingerprint density at radius 2 is 1.88 bits per heavy atom. The fraction of sp³-hybridized carbons (Fsp3) is 0.286. The van der Waals surface area contributed by atoms with Crippen molar-refractivity contribution >= 4 is 17.3 Å². The highest BCUT2D eigenvalue weighted by Crippen LogP contribution is 2.41. The lowest BCUT2D eigenvalue weighted by molar-refractivity contribution is -0.689. The summed E-state index contributed by atoms with van der Waals surface area (Å²) in [6, 6.07) is 15.9. The summed E-state index contributed by atoms with van der Waals surface area (Å²) in [5.41, 5.74) is 2.39. The van der Waals surface area contributed by atoms with Crippen LogP contribution in [-0.4, -0.2) is 38.9 Å². The summed E-state index contributed by atoms with van der Waals surface area (Å²) in [4.78, 5) is 16.9. The van der Waals surface area contributed by atoms with E-state index < -0.39 is 23.2 Å². The van der Waals surface area contributed by atoms with E-state index in [0.29, 0.717) is 35.1 Å². The second kappa shape index (κ2) is 15.7. The van der Waals surface area contributed by atoms with E-state index in [4.69, 9.17) is 15.0 Å². The summed E-state index contributed by atoms with van der Waals surface area (Å²) in [7, 11) is 0. The standard InChI is InChI=1S/C35H35F2N6O3S.BrH/c1-5-39-16-32(44)46-33-22(2)12-26(13-23(33)3)17-42-20-40-43(21-42)19-35(45,29-14-28(36)10-11-30(29)37)24(4)34-41-31(18-47-34)27-8-6-25(15-38)7-9-27;/h6-14,18,20-21,24,39,45H,5,16-17,19H2,1-4H3;1H/q+1;/p-1/t24-,35+;/m0./s1. The highest BCUT2D eigenvalue weighted by Gasteiger charge is 2.43. The third kappa shape index (κ3) is 8.19. The Morgan fingerprint density at radius 1 is 1.17 bits per heavy atom. The first-order valence-electron chi connectivity index (χ1n) is 15.1. The van der Waals surface area contributed by atoms with E-state index >= 15 is 4.39 Å². The Labute approximate surface area is 292 Å². The molecule has 2 aromatic heterocycles. The van der Waals surface area contributed by atoms with Gasteiger partial charge in [0.05, 0.1) is 35.4 Å². The Hall–Kier alpha value is -4.35. The number of hydrogen-bond donors (Lipinski definition) is 2. The molecule has 48 heavy (non-hydrogen) atoms. The average Bonchev–Trinajstić information content (AvgIpc) is 3.72. The van der Waals surface area contributed by atoms with Crippen LogP contribution in [0.5, 0.6) is 5.75 Å². The number of nitrogens with one attached hydrogen (secondary N) is 1. The van der Waals surface area contributed by atoms with Crippen molar-refractivity contribution in [2.45, 2.75) is 52.3 Å². The molecule has 0 aliphatic carbocycles. The van der Waals surface area contributed by atoms with Gasteiger partial charge in [-0.15, -0.1) is 16.0 Å². The van der Waals surface area contributed by atoms with E-state index in [2.05, 4.69) is 16.5 Å². The van der Waals surface area contributed by atoms with Crippen molar-refractivity contribution in [1.29, 1.82) is 5.26 Å². The maximum Gasteiger partial charge on any atom is 0.325 e. The molecule has 0 radical (unpaired) electrons. The molecule has 3 aromatic carbocycles. The van der Waals surface area contributed by atoms with Crippen LogP contribution in [0.4, 0.5) is 8.78 Å². The number of carbonyl (C=O) groups excluding carboxylic acids is 1. The molecule has 250 valence electrons. The number of nitrogens with zero attached hydrogens (tertiary/aromatic N) is 5. The number of ether oxygens (including phenoxy) is 1. The van der Waals surface area contributed by atoms with Crippen LogP contribution in [-0.2, 0) is 23.5 Å². The predicted molar refractivity (Wildman–Crippen MR) is 173 cm³/mol. The number of benzene rings is 3. The summed E-state index contributed by atoms with van der Waals surface area (Å²) < 4.78 is 38.6. The van der Waals surface area contributed by atoms with E-state index in [1.165, 1.54) is 16.0 Å². The number of aryl methyl sites for hydroxylation is 2. The van der Waals surface area contributed by atoms with Gasteiger partial charge in [0.1, 0.15) is 29.5 Å². The fourth-order valence-corrected chi connectivity index (χ4v) is 6.45. The second-order valence-electron chi connectivity index (χ2n) is 11.5. The average molecular weight is 738 g/mol. The van der Waals surface area contributed by atoms with Crippen molar-refractivity contribution in [3.63, 3.8) is 0 Å². The van der Waals surface area contributed by atoms with Gasteiger partial charge in [-0.3, -0.25) is 4.79 Å². The fourth-order valence-electron chi connectivity index (χ4n) is 5.48. The van der Waals surface area contributed by atoms with Gasteiger partial charge in [0.15, 0.2) is 0 Å². The largest absolute Gasteiger partial charge is 1.00 e. The molecule has 5 aromatic rings. The maximum atomic E-state index is 15.3. The Morgan fingerprint density at radius 3 is 2.54 bits per heavy atom. The summed E-state index contributed by atoms with van der Waals surface area (Å²) in [5, 5.41) is 31.1. The molecule has 0 amide bonds. The molecule has 0 aliphatic heterocycles. The Kier molecular flexibility index (Phi) is 11.9. The van der Waals surface area contributed by atoms with Crippen LogP contribution in [0.15, 0.2) is 72.6 Å². The van der Waals surface area contributed by atoms with Crippen molar-refractivity contribution in [2.75, 3.05) is 13.1 Å². The first kappa shape index (κ1) is 36.5. The zero-order chi connectivity index (χ0) is 33.7. The molecule has 0 fully saturated rings. The molecule has 0 saturated carbocycles. The number of carbonyl (C=O) groups is 1. The smallest absolute Gasteiger partial charge is 0.325 e. The first-order chi connectivity index (χ1) is 22.5. The number of halogens is 3. The minimum Gasteiger partial charge on any atom is -1.00 e. The Balaban J connectivity index is 0.00000520. The third-order valence-corrected chi connectivity index (χ3v) is 8.99. The molecular weight excluding hydrogens is 702 g/mol. The van der Waals surface area contributed by atoms with E-state index in [1.54, 1.807) is 43.8 Å². The van der Waals surface area contributed by atoms with E-state index in [-0.39, 0.29) is 41.6 Å². The Bertz CT molecular complexity index is 1920. The van der Waals surface area contributed by atoms with Gasteiger partial charge in [-0.25, -0.2) is 18.3 Å². The lowest BCUT2D eigenvalue weighted by Gasteiger charge is -2.32. The predicted octanol–water partition coefficient (Wildman–Crippen LogP) is 2.32. The first-order valence-corrected chi connectivity index (χ1v) is 16.0. The molecule has 0 unspecified atom stereocenters. The number of aromatic nitrogens is 4. The summed E-state index contributed by atoms with van der Waals surface area (Å²) in [6.07, 6.45) is 3.28. The minimum absolute atomic E-state index is 0. The van der Waals surface area contributed by atoms with Gasteiger partial charge in [-0.1, -0.05) is 26.0 Å². The number of nitriles is 1. The van der Waals surface area contributed by atoms with Gasteiger partial charge in [0.2, 0.25) is 6.33 Å². The van der Waals surface area contributed by atoms with Crippen LogP contribution in [0.1, 0.15) is 52.6 Å². The van der Waals surface area contributed by atoms with Crippen molar-refractivity contribution in [3.8, 4) is 23.1 Å². The molecule has 2 N–H and O–H groups in total. The molecule has 5 rings (SSSR count). The normalized spacial score (nSPS) is 12.9. The molecule has 0 bridgehead atoms. The molecule has 2 atom stereocenters. The van der Waals surface area contributed by atoms with Crippen molar-refractivity contribution < 1.29 is 45.0 Å². The van der Waals surface area contributed by atoms with Crippen molar-refractivity contribution in [3.05, 3.63) is 117 Å². The topological polar surface area (TPSA) is 117 Å². The lowest BCUT2D eigenvalue weighted by Crippen LogP contribution is -3.00. The van der Waals surface area contributed by atoms with Gasteiger partial charge in [-0.05, 0) is 79.5 Å². The number of likely N-dealkylation sites (N-methyl/N-ethyl adjacent to an activating group) is 1. The summed E-state index contributed by atoms with van der Waals surface area (Å²) in [5.74, 6) is -2.02. The third-order valence-electron chi connectivity index (χ3n) is 7.97. The van der Waals surface area contributed by atoms with E-state index in [9.17, 15) is 14.3 Å². The molecule has 13 heteroatoms. The van der Waals surface area contributed by atoms with Crippen LogP contribution in [0.2, 0.25) is 0 Å². The van der Waals surface area contributed by atoms with Crippen LogP contribution in [0, 0.1) is 36.8 Å². The summed E-state index contributed by atoms with van der Waals surface area (Å²) >= 11 is 1.30. The van der Waals surface area contributed by atoms with Crippen LogP contribution < -0.4 is 31.6 Å². The van der Waals surface area contributed by atoms with E-state index in [1.807, 2.05) is 42.9 Å². The van der Waals surface area contributed by atoms with Gasteiger partial charge in [0, 0.05) is 27.5 Å². The van der Waals surface area contributed by atoms with Gasteiger partial charge >= 0.3 is 5.97 Å². The molecule has 2 heterocycles. The number of rotatable bonds is 12. The zero-order valence-electron chi connectivity index (χ0n) is 26.9. The molecule has 0 aliphatic rings. The molecule has 0 saturated heterocycles. The van der Waals surface area contributed by atoms with Gasteiger partial charge < -0.3 is 32.1 Å². The van der Waals surface area contributed by atoms with Crippen LogP contribution in [0.3, 0.4) is 0 Å². The van der Waals surface area contributed by atoms with Crippen LogP contribution >= 0.6 is 11.3 Å². The minimum atomic E-state index is -1.93. The molecule has 9 nitrogen and oxygen atoms in total. The van der Waals surface area contributed by atoms with E-state index in [0.717, 1.165) is 40.5 Å². The summed E-state index contributed by atoms with van der Waals surface area (Å²) in [6.45, 7) is 8.41. The van der Waals surface area contributed by atoms with Gasteiger partial charge in [-0.2, -0.15) is 5.26 Å². The monoisotopic (exact) mass is 736 g/mol. The van der Waals surface area contributed by atoms with Crippen LogP contribution in [0.25, 0.3) is 11.3 Å². The molecular formula is C35H35BrF2N6O3S. The SMILES string of the molecule is CCNCC(=O)Oc1c(C)cc(C[n+]2cnn(C[C@](O)(c3cc(F)ccc3F)[C@@H](C)c3nc(-c4ccc(C#N)cc4)cs3)c2)cc1C.[Br-]. The number of aliphatic hydroxyl groups is 1. The zero-order valence-corrected chi connectivity index (χ0v) is 29.3. The van der Waals surface area contributed by atoms with Crippen molar-refractivity contribution in [2.24, 2.45) is 0 Å².